The summed E-state index contributed by atoms with van der Waals surface area (Å²) in [4.78, 5) is 10.6. The van der Waals surface area contributed by atoms with Crippen LogP contribution in [-0.4, -0.2) is 22.8 Å². The van der Waals surface area contributed by atoms with Gasteiger partial charge in [-0.25, -0.2) is 4.79 Å². The standard InChI is InChI=1S/C16H19NO4/c18-16(19)15-11-14(21-17-15)9-5-2-6-10-20-12-13-7-3-1-4-8-13/h1,3-4,7-8,11H,2,5-6,9-10,12H2,(H,18,19). The van der Waals surface area contributed by atoms with Crippen molar-refractivity contribution in [2.75, 3.05) is 6.61 Å². The van der Waals surface area contributed by atoms with Crippen LogP contribution in [0.3, 0.4) is 0 Å². The van der Waals surface area contributed by atoms with Crippen molar-refractivity contribution in [2.24, 2.45) is 0 Å². The van der Waals surface area contributed by atoms with Gasteiger partial charge in [-0.3, -0.25) is 0 Å². The molecule has 0 radical (unpaired) electrons. The predicted octanol–water partition coefficient (Wildman–Crippen LogP) is 3.30. The van der Waals surface area contributed by atoms with E-state index in [1.54, 1.807) is 0 Å². The van der Waals surface area contributed by atoms with E-state index in [2.05, 4.69) is 5.16 Å². The Labute approximate surface area is 123 Å². The molecule has 0 amide bonds. The van der Waals surface area contributed by atoms with Gasteiger partial charge in [0.1, 0.15) is 5.76 Å². The average molecular weight is 289 g/mol. The first-order chi connectivity index (χ1) is 10.3. The Balaban J connectivity index is 1.53. The molecule has 0 unspecified atom stereocenters. The monoisotopic (exact) mass is 289 g/mol. The number of aromatic carboxylic acids is 1. The van der Waals surface area contributed by atoms with Crippen molar-refractivity contribution in [3.05, 3.63) is 53.4 Å². The highest BCUT2D eigenvalue weighted by atomic mass is 16.5. The van der Waals surface area contributed by atoms with Crippen LogP contribution in [0.4, 0.5) is 0 Å². The Morgan fingerprint density at radius 1 is 1.19 bits per heavy atom. The van der Waals surface area contributed by atoms with E-state index < -0.39 is 5.97 Å². The number of carboxylic acids is 1. The fourth-order valence-electron chi connectivity index (χ4n) is 1.98. The molecular formula is C16H19NO4. The van der Waals surface area contributed by atoms with Gasteiger partial charge in [-0.2, -0.15) is 0 Å². The Hall–Kier alpha value is -2.14. The SMILES string of the molecule is O=C(O)c1cc(CCCCCOCc2ccccc2)on1. The molecule has 1 heterocycles. The molecule has 1 aromatic heterocycles. The van der Waals surface area contributed by atoms with E-state index in [0.29, 0.717) is 18.8 Å². The van der Waals surface area contributed by atoms with Gasteiger partial charge < -0.3 is 14.4 Å². The Morgan fingerprint density at radius 2 is 2.00 bits per heavy atom. The van der Waals surface area contributed by atoms with E-state index >= 15 is 0 Å². The van der Waals surface area contributed by atoms with E-state index in [1.807, 2.05) is 30.3 Å². The molecule has 5 nitrogen and oxygen atoms in total. The number of unbranched alkanes of at least 4 members (excludes halogenated alkanes) is 2. The van der Waals surface area contributed by atoms with E-state index in [-0.39, 0.29) is 5.69 Å². The van der Waals surface area contributed by atoms with Crippen molar-refractivity contribution in [3.8, 4) is 0 Å². The number of aryl methyl sites for hydroxylation is 1. The number of ether oxygens (including phenoxy) is 1. The number of carbonyl (C=O) groups is 1. The third kappa shape index (κ3) is 5.39. The second kappa shape index (κ2) is 8.21. The molecule has 2 aromatic rings. The summed E-state index contributed by atoms with van der Waals surface area (Å²) in [5, 5.41) is 12.2. The highest BCUT2D eigenvalue weighted by Gasteiger charge is 2.09. The number of benzene rings is 1. The first-order valence-electron chi connectivity index (χ1n) is 7.06. The maximum atomic E-state index is 10.6. The van der Waals surface area contributed by atoms with Crippen LogP contribution in [0.5, 0.6) is 0 Å². The topological polar surface area (TPSA) is 72.6 Å². The Bertz CT molecular complexity index is 550. The van der Waals surface area contributed by atoms with Gasteiger partial charge in [-0.1, -0.05) is 41.9 Å². The highest BCUT2D eigenvalue weighted by molar-refractivity contribution is 5.85. The molecule has 0 saturated carbocycles. The summed E-state index contributed by atoms with van der Waals surface area (Å²) in [6.45, 7) is 1.37. The van der Waals surface area contributed by atoms with Gasteiger partial charge in [0.2, 0.25) is 0 Å². The maximum absolute atomic E-state index is 10.6. The minimum atomic E-state index is -1.06. The summed E-state index contributed by atoms with van der Waals surface area (Å²) in [6, 6.07) is 11.6. The second-order valence-corrected chi connectivity index (χ2v) is 4.83. The third-order valence-electron chi connectivity index (χ3n) is 3.10. The fourth-order valence-corrected chi connectivity index (χ4v) is 1.98. The van der Waals surface area contributed by atoms with Crippen molar-refractivity contribution in [2.45, 2.75) is 32.3 Å². The summed E-state index contributed by atoms with van der Waals surface area (Å²) in [5.41, 5.74) is 1.15. The largest absolute Gasteiger partial charge is 0.476 e. The maximum Gasteiger partial charge on any atom is 0.358 e. The lowest BCUT2D eigenvalue weighted by atomic mass is 10.1. The number of hydrogen-bond acceptors (Lipinski definition) is 4. The molecule has 1 aromatic carbocycles. The Kier molecular flexibility index (Phi) is 5.97. The van der Waals surface area contributed by atoms with Crippen LogP contribution in [0.2, 0.25) is 0 Å². The van der Waals surface area contributed by atoms with Crippen molar-refractivity contribution in [3.63, 3.8) is 0 Å². The lowest BCUT2D eigenvalue weighted by Gasteiger charge is -2.03. The van der Waals surface area contributed by atoms with Gasteiger partial charge in [-0.05, 0) is 18.4 Å². The van der Waals surface area contributed by atoms with Crippen molar-refractivity contribution >= 4 is 5.97 Å². The second-order valence-electron chi connectivity index (χ2n) is 4.83. The first kappa shape index (κ1) is 15.3. The van der Waals surface area contributed by atoms with Gasteiger partial charge in [0.15, 0.2) is 5.69 Å². The summed E-state index contributed by atoms with van der Waals surface area (Å²) in [5.74, 6) is -0.433. The molecule has 0 aliphatic rings. The van der Waals surface area contributed by atoms with Crippen LogP contribution >= 0.6 is 0 Å². The van der Waals surface area contributed by atoms with E-state index in [0.717, 1.165) is 25.9 Å². The average Bonchev–Trinajstić information content (AvgIpc) is 2.96. The zero-order valence-electron chi connectivity index (χ0n) is 11.8. The molecule has 2 rings (SSSR count). The molecule has 0 aliphatic heterocycles. The minimum absolute atomic E-state index is 0.0313. The molecule has 1 N–H and O–H groups in total. The number of hydrogen-bond donors (Lipinski definition) is 1. The van der Waals surface area contributed by atoms with Crippen LogP contribution < -0.4 is 0 Å². The van der Waals surface area contributed by atoms with Crippen molar-refractivity contribution < 1.29 is 19.2 Å². The van der Waals surface area contributed by atoms with Crippen LogP contribution in [0.25, 0.3) is 0 Å². The molecule has 112 valence electrons. The lowest BCUT2D eigenvalue weighted by molar-refractivity contribution is 0.0685. The molecular weight excluding hydrogens is 270 g/mol. The molecule has 21 heavy (non-hydrogen) atoms. The van der Waals surface area contributed by atoms with Crippen LogP contribution in [0.1, 0.15) is 41.1 Å². The van der Waals surface area contributed by atoms with Crippen LogP contribution in [0.15, 0.2) is 40.9 Å². The lowest BCUT2D eigenvalue weighted by Crippen LogP contribution is -1.96. The zero-order chi connectivity index (χ0) is 14.9. The molecule has 0 atom stereocenters. The zero-order valence-corrected chi connectivity index (χ0v) is 11.8. The number of carboxylic acid groups (broad SMARTS) is 1. The van der Waals surface area contributed by atoms with Crippen molar-refractivity contribution in [1.29, 1.82) is 0 Å². The van der Waals surface area contributed by atoms with Gasteiger partial charge in [0.25, 0.3) is 0 Å². The van der Waals surface area contributed by atoms with Crippen LogP contribution in [-0.2, 0) is 17.8 Å². The van der Waals surface area contributed by atoms with E-state index in [4.69, 9.17) is 14.4 Å². The minimum Gasteiger partial charge on any atom is -0.476 e. The van der Waals surface area contributed by atoms with Crippen molar-refractivity contribution in [1.82, 2.24) is 5.16 Å². The molecule has 0 spiro atoms. The van der Waals surface area contributed by atoms with Gasteiger partial charge in [0.05, 0.1) is 6.61 Å². The molecule has 0 bridgehead atoms. The number of aromatic nitrogens is 1. The van der Waals surface area contributed by atoms with Gasteiger partial charge in [0, 0.05) is 19.1 Å². The first-order valence-corrected chi connectivity index (χ1v) is 7.06. The molecule has 5 heteroatoms. The molecule has 0 aliphatic carbocycles. The Morgan fingerprint density at radius 3 is 2.71 bits per heavy atom. The van der Waals surface area contributed by atoms with Crippen LogP contribution in [0, 0.1) is 0 Å². The van der Waals surface area contributed by atoms with E-state index in [1.165, 1.54) is 11.6 Å². The number of nitrogens with zero attached hydrogens (tertiary/aromatic N) is 1. The quantitative estimate of drug-likeness (QED) is 0.717. The van der Waals surface area contributed by atoms with Gasteiger partial charge in [-0.15, -0.1) is 0 Å². The normalized spacial score (nSPS) is 10.7. The third-order valence-corrected chi connectivity index (χ3v) is 3.10. The summed E-state index contributed by atoms with van der Waals surface area (Å²) >= 11 is 0. The summed E-state index contributed by atoms with van der Waals surface area (Å²) in [6.07, 6.45) is 3.63. The fraction of sp³-hybridized carbons (Fsp3) is 0.375. The van der Waals surface area contributed by atoms with E-state index in [9.17, 15) is 4.79 Å². The number of rotatable bonds is 9. The smallest absolute Gasteiger partial charge is 0.358 e. The molecule has 0 saturated heterocycles. The summed E-state index contributed by atoms with van der Waals surface area (Å²) < 4.78 is 10.5. The summed E-state index contributed by atoms with van der Waals surface area (Å²) in [7, 11) is 0. The van der Waals surface area contributed by atoms with Gasteiger partial charge >= 0.3 is 5.97 Å². The predicted molar refractivity (Wildman–Crippen MR) is 77.1 cm³/mol. The molecule has 0 fully saturated rings. The highest BCUT2D eigenvalue weighted by Crippen LogP contribution is 2.09.